The van der Waals surface area contributed by atoms with E-state index in [-0.39, 0.29) is 28.9 Å². The maximum Gasteiger partial charge on any atom is 2.00 e. The van der Waals surface area contributed by atoms with Crippen LogP contribution >= 0.6 is 0 Å². The summed E-state index contributed by atoms with van der Waals surface area (Å²) in [7, 11) is -12.0. The number of para-hydroxylation sites is 2. The number of benzene rings is 2. The summed E-state index contributed by atoms with van der Waals surface area (Å²) in [5.41, 5.74) is 5.47. The Morgan fingerprint density at radius 2 is 0.787 bits per heavy atom. The van der Waals surface area contributed by atoms with Gasteiger partial charge in [0.25, 0.3) is 11.8 Å². The van der Waals surface area contributed by atoms with Crippen LogP contribution in [-0.2, 0) is 17.1 Å². The molecule has 2 amide bonds. The van der Waals surface area contributed by atoms with Crippen molar-refractivity contribution in [1.82, 2.24) is 30.0 Å². The number of hydrazone groups is 2. The minimum atomic E-state index is -6.00. The van der Waals surface area contributed by atoms with E-state index in [0.29, 0.717) is 33.9 Å². The van der Waals surface area contributed by atoms with Crippen molar-refractivity contribution < 1.29 is 61.2 Å². The molecule has 0 fully saturated rings. The fourth-order valence-corrected chi connectivity index (χ4v) is 5.35. The number of hydrogen-bond donors (Lipinski definition) is 2. The van der Waals surface area contributed by atoms with E-state index in [0.717, 1.165) is 11.4 Å². The number of aromatic nitrogens is 4. The van der Waals surface area contributed by atoms with Crippen molar-refractivity contribution >= 4 is 50.1 Å². The van der Waals surface area contributed by atoms with Gasteiger partial charge < -0.3 is 45.2 Å². The molecule has 0 unspecified atom stereocenters. The molecule has 0 saturated heterocycles. The van der Waals surface area contributed by atoms with Crippen molar-refractivity contribution in [2.45, 2.75) is 12.3 Å². The number of carbonyl (C=O) groups excluding carboxylic acids is 2. The van der Waals surface area contributed by atoms with E-state index in [9.17, 15) is 44.1 Å². The molecule has 0 aliphatic carbocycles. The Labute approximate surface area is 353 Å². The van der Waals surface area contributed by atoms with Gasteiger partial charge in [-0.25, -0.2) is 10.0 Å². The second kappa shape index (κ2) is 21.8. The number of amides is 2. The summed E-state index contributed by atoms with van der Waals surface area (Å²) in [6, 6.07) is 37.0. The zero-order valence-corrected chi connectivity index (χ0v) is 32.2. The van der Waals surface area contributed by atoms with Crippen LogP contribution in [0.5, 0.6) is 0 Å². The number of rotatable bonds is 6. The fourth-order valence-electron chi connectivity index (χ4n) is 5.35. The van der Waals surface area contributed by atoms with Gasteiger partial charge in [-0.3, -0.25) is 29.5 Å². The molecule has 2 aliphatic heterocycles. The van der Waals surface area contributed by atoms with E-state index in [1.54, 1.807) is 49.3 Å². The van der Waals surface area contributed by atoms with E-state index in [2.05, 4.69) is 40.8 Å². The van der Waals surface area contributed by atoms with Crippen molar-refractivity contribution in [2.24, 2.45) is 10.2 Å². The Hall–Kier alpha value is -6.99. The van der Waals surface area contributed by atoms with Gasteiger partial charge in [0, 0.05) is 36.2 Å². The first-order chi connectivity index (χ1) is 28.7. The first-order valence-corrected chi connectivity index (χ1v) is 17.5. The summed E-state index contributed by atoms with van der Waals surface area (Å²) in [6.45, 7) is 0. The quantitative estimate of drug-likeness (QED) is 0.0962. The Balaban J connectivity index is 0.000000217. The third-order valence-corrected chi connectivity index (χ3v) is 7.74. The van der Waals surface area contributed by atoms with Gasteiger partial charge in [-0.05, 0) is 72.8 Å². The number of nitrogens with one attached hydrogen (secondary N) is 2. The minimum Gasteiger partial charge on any atom is -0.418 e. The molecule has 4 aromatic heterocycles. The monoisotopic (exact) mass is 888 g/mol. The molecule has 0 spiro atoms. The fraction of sp³-hybridized carbons (Fsp3) is 0.0526. The number of nitrogens with zero attached hydrogens (tertiary/aromatic N) is 8. The van der Waals surface area contributed by atoms with Crippen molar-refractivity contribution in [3.05, 3.63) is 180 Å². The first kappa shape index (κ1) is 46.7. The van der Waals surface area contributed by atoms with Crippen LogP contribution in [0.4, 0.5) is 45.9 Å². The summed E-state index contributed by atoms with van der Waals surface area (Å²) in [4.78, 5) is 43.0. The SMILES string of the molecule is F[B-](F)(F)F.F[B-](F)(F)F.O=C1c2ccccc2N[C@H](c2ccccn2)N1/N=C/c1ccccn1.O=C1c2ccccc2N[C@H](c2ccccn2)N1/N=C/c1ccccn1.[Fe+2]. The molecule has 61 heavy (non-hydrogen) atoms. The topological polar surface area (TPSA) is 141 Å². The number of anilines is 2. The Morgan fingerprint density at radius 3 is 1.10 bits per heavy atom. The second-order valence-corrected chi connectivity index (χ2v) is 12.0. The number of carbonyl (C=O) groups is 2. The average Bonchev–Trinajstić information content (AvgIpc) is 3.23. The molecular weight excluding hydrogens is 858 g/mol. The van der Waals surface area contributed by atoms with Gasteiger partial charge in [0.1, 0.15) is 0 Å². The third kappa shape index (κ3) is 14.7. The second-order valence-electron chi connectivity index (χ2n) is 12.0. The van der Waals surface area contributed by atoms with Crippen LogP contribution < -0.4 is 10.6 Å². The van der Waals surface area contributed by atoms with Gasteiger partial charge in [0.15, 0.2) is 12.3 Å². The summed E-state index contributed by atoms with van der Waals surface area (Å²) in [5.74, 6) is -0.366. The first-order valence-electron chi connectivity index (χ1n) is 17.5. The van der Waals surface area contributed by atoms with Crippen molar-refractivity contribution in [2.75, 3.05) is 10.6 Å². The van der Waals surface area contributed by atoms with Gasteiger partial charge in [-0.15, -0.1) is 0 Å². The van der Waals surface area contributed by atoms with Crippen molar-refractivity contribution in [1.29, 1.82) is 0 Å². The molecule has 2 aliphatic rings. The maximum atomic E-state index is 12.9. The molecule has 0 radical (unpaired) electrons. The van der Waals surface area contributed by atoms with Gasteiger partial charge in [0.05, 0.1) is 46.3 Å². The van der Waals surface area contributed by atoms with Gasteiger partial charge >= 0.3 is 31.6 Å². The van der Waals surface area contributed by atoms with E-state index in [1.165, 1.54) is 10.0 Å². The molecule has 2 aromatic carbocycles. The summed E-state index contributed by atoms with van der Waals surface area (Å²) in [6.07, 6.45) is 8.94. The van der Waals surface area contributed by atoms with Crippen LogP contribution in [-0.4, -0.2) is 68.7 Å². The smallest absolute Gasteiger partial charge is 0.418 e. The Morgan fingerprint density at radius 1 is 0.475 bits per heavy atom. The molecule has 6 aromatic rings. The number of fused-ring (bicyclic) bond motifs is 2. The number of hydrogen-bond acceptors (Lipinski definition) is 10. The summed E-state index contributed by atoms with van der Waals surface area (Å²) >= 11 is 0. The average molecular weight is 888 g/mol. The molecular formula is C38H30B2F8FeN10O2. The Bertz CT molecular complexity index is 2200. The van der Waals surface area contributed by atoms with Crippen molar-refractivity contribution in [3.8, 4) is 0 Å². The Kier molecular flexibility index (Phi) is 16.7. The van der Waals surface area contributed by atoms with E-state index < -0.39 is 26.8 Å². The van der Waals surface area contributed by atoms with Crippen LogP contribution in [0.2, 0.25) is 0 Å². The zero-order valence-electron chi connectivity index (χ0n) is 31.1. The molecule has 0 bridgehead atoms. The van der Waals surface area contributed by atoms with Crippen LogP contribution in [0.3, 0.4) is 0 Å². The van der Waals surface area contributed by atoms with E-state index in [1.807, 2.05) is 109 Å². The predicted molar refractivity (Wildman–Crippen MR) is 210 cm³/mol. The molecule has 23 heteroatoms. The summed E-state index contributed by atoms with van der Waals surface area (Å²) in [5, 5.41) is 18.3. The molecule has 12 nitrogen and oxygen atoms in total. The molecule has 2 N–H and O–H groups in total. The maximum absolute atomic E-state index is 12.9. The molecule has 8 rings (SSSR count). The minimum absolute atomic E-state index is 0. The van der Waals surface area contributed by atoms with Crippen LogP contribution in [0.25, 0.3) is 0 Å². The van der Waals surface area contributed by atoms with Gasteiger partial charge in [0.2, 0.25) is 0 Å². The van der Waals surface area contributed by atoms with Crippen LogP contribution in [0, 0.1) is 0 Å². The zero-order chi connectivity index (χ0) is 43.1. The van der Waals surface area contributed by atoms with Crippen LogP contribution in [0.1, 0.15) is 55.8 Å². The summed E-state index contributed by atoms with van der Waals surface area (Å²) < 4.78 is 78.0. The number of halogens is 8. The number of pyridine rings is 4. The van der Waals surface area contributed by atoms with Crippen molar-refractivity contribution in [3.63, 3.8) is 0 Å². The molecule has 0 saturated carbocycles. The standard InChI is InChI=1S/2C19H15N5O.2BF4.Fe/c2*25-19-15-8-1-2-9-16(15)23-18(17-10-4-6-12-21-17)24(19)22-13-14-7-3-5-11-20-14;2*2-1(3,4)5;/h2*1-13,18,23H;;;/q;;2*-1;+2/b2*22-13+;;;/t2*18-;;;/m00.../s1. The normalized spacial score (nSPS) is 15.5. The molecule has 314 valence electrons. The van der Waals surface area contributed by atoms with Gasteiger partial charge in [-0.1, -0.05) is 48.5 Å². The largest absolute Gasteiger partial charge is 2.00 e. The molecule has 6 heterocycles. The van der Waals surface area contributed by atoms with Crippen LogP contribution in [0.15, 0.2) is 156 Å². The predicted octanol–water partition coefficient (Wildman–Crippen LogP) is 8.75. The third-order valence-electron chi connectivity index (χ3n) is 7.74. The molecule has 2 atom stereocenters. The van der Waals surface area contributed by atoms with E-state index >= 15 is 0 Å². The van der Waals surface area contributed by atoms with Gasteiger partial charge in [-0.2, -0.15) is 10.2 Å². The van der Waals surface area contributed by atoms with E-state index in [4.69, 9.17) is 0 Å².